The van der Waals surface area contributed by atoms with Crippen molar-refractivity contribution in [3.8, 4) is 101 Å². The predicted molar refractivity (Wildman–Crippen MR) is 264 cm³/mol. The second-order valence-corrected chi connectivity index (χ2v) is 16.2. The molecule has 1 heterocycles. The smallest absolute Gasteiger partial charge is 0.195 e. The van der Waals surface area contributed by atoms with Gasteiger partial charge in [0.2, 0.25) is 0 Å². The van der Waals surface area contributed by atoms with Gasteiger partial charge in [-0.05, 0) is 100 Å². The summed E-state index contributed by atoms with van der Waals surface area (Å²) < 4.78 is 0. The van der Waals surface area contributed by atoms with Gasteiger partial charge < -0.3 is 0 Å². The number of nitrogens with zero attached hydrogens (tertiary/aromatic N) is 4. The maximum absolute atomic E-state index is 8.29. The van der Waals surface area contributed by atoms with Gasteiger partial charge >= 0.3 is 0 Å². The highest BCUT2D eigenvalue weighted by molar-refractivity contribution is 6.15. The van der Waals surface area contributed by atoms with Crippen LogP contribution in [0.5, 0.6) is 0 Å². The molecule has 0 aliphatic heterocycles. The van der Waals surface area contributed by atoms with Crippen molar-refractivity contribution in [2.45, 2.75) is 0 Å². The van der Waals surface area contributed by atoms with Crippen molar-refractivity contribution < 1.29 is 0 Å². The van der Waals surface area contributed by atoms with Crippen molar-refractivity contribution in [3.05, 3.63) is 230 Å². The second kappa shape index (κ2) is 15.3. The largest absolute Gasteiger partial charge is 0.237 e. The van der Waals surface area contributed by atoms with E-state index < -0.39 is 0 Å². The van der Waals surface area contributed by atoms with Gasteiger partial charge in [-0.25, -0.2) is 19.8 Å². The molecule has 11 aromatic rings. The number of rotatable bonds is 7. The number of aromatic nitrogens is 3. The SMILES string of the molecule is [C-]#[N+]c1cccc(-c2ccc(-c3nc(-c4ccccc4)nc(-c4cccc5ccccc45)n3)cc2)c1-c1cccc(-c2ccccc2-c2ccc3c(c2)-c2cccc4cccc-3c24)c1. The number of benzene rings is 10. The summed E-state index contributed by atoms with van der Waals surface area (Å²) in [7, 11) is 0. The Bertz CT molecular complexity index is 3670. The average Bonchev–Trinajstić information content (AvgIpc) is 3.70. The highest BCUT2D eigenvalue weighted by atomic mass is 15.0. The minimum atomic E-state index is 0.592. The van der Waals surface area contributed by atoms with Crippen LogP contribution in [0.3, 0.4) is 0 Å². The van der Waals surface area contributed by atoms with E-state index in [1.54, 1.807) is 0 Å². The third-order valence-electron chi connectivity index (χ3n) is 12.5. The number of hydrogen-bond acceptors (Lipinski definition) is 3. The van der Waals surface area contributed by atoms with Crippen LogP contribution < -0.4 is 0 Å². The van der Waals surface area contributed by atoms with Crippen LogP contribution in [0.2, 0.25) is 0 Å². The zero-order valence-corrected chi connectivity index (χ0v) is 34.6. The molecule has 12 rings (SSSR count). The molecule has 0 atom stereocenters. The monoisotopic (exact) mass is 812 g/mol. The summed E-state index contributed by atoms with van der Waals surface area (Å²) in [6, 6.07) is 76.3. The first-order valence-corrected chi connectivity index (χ1v) is 21.5. The van der Waals surface area contributed by atoms with Gasteiger partial charge in [-0.2, -0.15) is 0 Å². The molecule has 0 N–H and O–H groups in total. The lowest BCUT2D eigenvalue weighted by Gasteiger charge is -2.16. The molecule has 0 amide bonds. The molecule has 0 unspecified atom stereocenters. The molecule has 1 aromatic heterocycles. The van der Waals surface area contributed by atoms with Crippen LogP contribution in [-0.4, -0.2) is 15.0 Å². The molecule has 0 spiro atoms. The van der Waals surface area contributed by atoms with Crippen LogP contribution in [0.25, 0.3) is 127 Å². The van der Waals surface area contributed by atoms with E-state index in [0.29, 0.717) is 23.2 Å². The molecule has 1 aliphatic rings. The lowest BCUT2D eigenvalue weighted by Crippen LogP contribution is -2.00. The summed E-state index contributed by atoms with van der Waals surface area (Å²) in [5, 5.41) is 4.81. The van der Waals surface area contributed by atoms with Crippen molar-refractivity contribution in [3.63, 3.8) is 0 Å². The van der Waals surface area contributed by atoms with Crippen LogP contribution in [0, 0.1) is 6.57 Å². The van der Waals surface area contributed by atoms with Gasteiger partial charge in [0.05, 0.1) is 6.57 Å². The van der Waals surface area contributed by atoms with Gasteiger partial charge in [0, 0.05) is 16.7 Å². The summed E-state index contributed by atoms with van der Waals surface area (Å²) in [5.74, 6) is 1.83. The topological polar surface area (TPSA) is 43.0 Å². The van der Waals surface area contributed by atoms with Crippen LogP contribution in [0.1, 0.15) is 0 Å². The summed E-state index contributed by atoms with van der Waals surface area (Å²) in [6.45, 7) is 8.29. The molecular formula is C60H36N4. The van der Waals surface area contributed by atoms with E-state index in [9.17, 15) is 0 Å². The van der Waals surface area contributed by atoms with Gasteiger partial charge in [-0.3, -0.25) is 0 Å². The molecule has 0 radical (unpaired) electrons. The van der Waals surface area contributed by atoms with Gasteiger partial charge in [-0.1, -0.05) is 206 Å². The molecule has 0 fully saturated rings. The zero-order chi connectivity index (χ0) is 42.6. The molecule has 64 heavy (non-hydrogen) atoms. The van der Waals surface area contributed by atoms with E-state index in [4.69, 9.17) is 21.5 Å². The average molecular weight is 813 g/mol. The van der Waals surface area contributed by atoms with E-state index in [1.165, 1.54) is 38.6 Å². The van der Waals surface area contributed by atoms with Crippen molar-refractivity contribution >= 4 is 27.2 Å². The van der Waals surface area contributed by atoms with E-state index in [0.717, 1.165) is 66.4 Å². The summed E-state index contributed by atoms with van der Waals surface area (Å²) >= 11 is 0. The Labute approximate surface area is 371 Å². The molecule has 4 nitrogen and oxygen atoms in total. The molecule has 0 saturated carbocycles. The molecule has 4 heteroatoms. The van der Waals surface area contributed by atoms with Gasteiger partial charge in [0.15, 0.2) is 23.2 Å². The lowest BCUT2D eigenvalue weighted by molar-refractivity contribution is 1.08. The van der Waals surface area contributed by atoms with Crippen LogP contribution in [-0.2, 0) is 0 Å². The van der Waals surface area contributed by atoms with Crippen molar-refractivity contribution in [2.24, 2.45) is 0 Å². The summed E-state index contributed by atoms with van der Waals surface area (Å²) in [4.78, 5) is 19.2. The highest BCUT2D eigenvalue weighted by Crippen LogP contribution is 2.49. The van der Waals surface area contributed by atoms with Gasteiger partial charge in [0.25, 0.3) is 0 Å². The third-order valence-corrected chi connectivity index (χ3v) is 12.5. The second-order valence-electron chi connectivity index (χ2n) is 16.2. The maximum atomic E-state index is 8.29. The highest BCUT2D eigenvalue weighted by Gasteiger charge is 2.23. The molecule has 1 aliphatic carbocycles. The molecular weight excluding hydrogens is 777 g/mol. The minimum Gasteiger partial charge on any atom is -0.237 e. The standard InChI is InChI=1S/C60H36N4/c1-61-55-29-13-25-49(39-30-32-42(33-31-39)59-62-58(41-15-3-2-4-16-41)63-60(64-59)53-28-10-17-38-14-5-6-22-46(38)53)57(55)45-21-9-20-43(36-45)47-23-7-8-24-48(47)44-34-35-50-51-26-11-18-40-19-12-27-52(56(40)51)54(50)37-44/h2-37H. The van der Waals surface area contributed by atoms with E-state index in [-0.39, 0.29) is 0 Å². The maximum Gasteiger partial charge on any atom is 0.195 e. The van der Waals surface area contributed by atoms with Crippen LogP contribution >= 0.6 is 0 Å². The minimum absolute atomic E-state index is 0.592. The number of fused-ring (bicyclic) bond motifs is 4. The summed E-state index contributed by atoms with van der Waals surface area (Å²) in [6.07, 6.45) is 0. The Morgan fingerprint density at radius 2 is 0.797 bits per heavy atom. The third kappa shape index (κ3) is 6.26. The Kier molecular flexibility index (Phi) is 8.84. The van der Waals surface area contributed by atoms with Gasteiger partial charge in [-0.15, -0.1) is 0 Å². The first-order valence-electron chi connectivity index (χ1n) is 21.5. The molecule has 296 valence electrons. The number of hydrogen-bond donors (Lipinski definition) is 0. The predicted octanol–water partition coefficient (Wildman–Crippen LogP) is 16.0. The van der Waals surface area contributed by atoms with Crippen molar-refractivity contribution in [2.75, 3.05) is 0 Å². The Morgan fingerprint density at radius 1 is 0.297 bits per heavy atom. The zero-order valence-electron chi connectivity index (χ0n) is 34.6. The van der Waals surface area contributed by atoms with E-state index >= 15 is 0 Å². The van der Waals surface area contributed by atoms with Crippen LogP contribution in [0.15, 0.2) is 218 Å². The lowest BCUT2D eigenvalue weighted by atomic mass is 9.88. The Morgan fingerprint density at radius 3 is 1.56 bits per heavy atom. The molecule has 0 bridgehead atoms. The Balaban J connectivity index is 0.925. The fourth-order valence-corrected chi connectivity index (χ4v) is 9.53. The summed E-state index contributed by atoms with van der Waals surface area (Å²) in [5.41, 5.74) is 16.9. The van der Waals surface area contributed by atoms with Gasteiger partial charge in [0.1, 0.15) is 0 Å². The van der Waals surface area contributed by atoms with Crippen molar-refractivity contribution in [1.82, 2.24) is 15.0 Å². The van der Waals surface area contributed by atoms with Crippen LogP contribution in [0.4, 0.5) is 5.69 Å². The first-order chi connectivity index (χ1) is 31.7. The Hall–Kier alpha value is -8.78. The molecule has 10 aromatic carbocycles. The molecule has 0 saturated heterocycles. The van der Waals surface area contributed by atoms with Crippen molar-refractivity contribution in [1.29, 1.82) is 0 Å². The van der Waals surface area contributed by atoms with E-state index in [1.807, 2.05) is 54.6 Å². The fraction of sp³-hybridized carbons (Fsp3) is 0. The quantitative estimate of drug-likeness (QED) is 0.151. The van der Waals surface area contributed by atoms with E-state index in [2.05, 4.69) is 169 Å². The fourth-order valence-electron chi connectivity index (χ4n) is 9.53. The first kappa shape index (κ1) is 37.0. The normalized spacial score (nSPS) is 11.4.